The van der Waals surface area contributed by atoms with E-state index < -0.39 is 16.1 Å². The van der Waals surface area contributed by atoms with Crippen molar-refractivity contribution >= 4 is 48.6 Å². The van der Waals surface area contributed by atoms with Crippen LogP contribution in [0.4, 0.5) is 4.79 Å². The highest BCUT2D eigenvalue weighted by Gasteiger charge is 2.23. The number of hydrogen-bond acceptors (Lipinski definition) is 5. The number of ketones is 1. The molecule has 0 aliphatic heterocycles. The number of carbonyl (C=O) groups excluding carboxylic acids is 1. The predicted octanol–water partition coefficient (Wildman–Crippen LogP) is 5.03. The van der Waals surface area contributed by atoms with Crippen LogP contribution in [0.1, 0.15) is 29.4 Å². The zero-order valence-corrected chi connectivity index (χ0v) is 21.5. The van der Waals surface area contributed by atoms with Gasteiger partial charge in [0.15, 0.2) is 5.78 Å². The largest absolute Gasteiger partial charge is 0.464 e. The monoisotopic (exact) mass is 568 g/mol. The van der Waals surface area contributed by atoms with Crippen LogP contribution in [-0.2, 0) is 16.6 Å². The Balaban J connectivity index is 1.94. The molecule has 0 saturated carbocycles. The maximum atomic E-state index is 13.6. The second-order valence-corrected chi connectivity index (χ2v) is 10.6. The van der Waals surface area contributed by atoms with Gasteiger partial charge in [0, 0.05) is 21.8 Å². The van der Waals surface area contributed by atoms with Crippen molar-refractivity contribution in [3.63, 3.8) is 0 Å². The number of nitrogens with zero attached hydrogens (tertiary/aromatic N) is 1. The summed E-state index contributed by atoms with van der Waals surface area (Å²) in [6.07, 6.45) is -1.51. The van der Waals surface area contributed by atoms with Crippen LogP contribution in [0, 0.1) is 0 Å². The summed E-state index contributed by atoms with van der Waals surface area (Å²) in [5, 5.41) is 9.84. The number of Topliss-reactive ketones (excluding diaryl/α,β-unsaturated/α-hetero) is 1. The van der Waals surface area contributed by atoms with Gasteiger partial charge in [-0.15, -0.1) is 0 Å². The number of carboxylic acid groups (broad SMARTS) is 1. The molecule has 4 aromatic rings. The minimum atomic E-state index is -4.24. The maximum absolute atomic E-state index is 13.6. The molecule has 0 aliphatic rings. The molecule has 4 rings (SSSR count). The molecule has 0 spiro atoms. The van der Waals surface area contributed by atoms with E-state index in [9.17, 15) is 22.8 Å². The summed E-state index contributed by atoms with van der Waals surface area (Å²) in [5.74, 6) is -0.210. The summed E-state index contributed by atoms with van der Waals surface area (Å²) in [7, 11) is -4.24. The lowest BCUT2D eigenvalue weighted by molar-refractivity contribution is 0.0979. The Bertz CT molecular complexity index is 1650. The number of nitrogens with one attached hydrogen (secondary N) is 1. The highest BCUT2D eigenvalue weighted by molar-refractivity contribution is 9.10. The van der Waals surface area contributed by atoms with E-state index in [0.717, 1.165) is 10.0 Å². The number of amides is 1. The Kier molecular flexibility index (Phi) is 7.09. The van der Waals surface area contributed by atoms with Crippen LogP contribution < -0.4 is 10.3 Å². The molecule has 8 nitrogen and oxygen atoms in total. The first-order chi connectivity index (χ1) is 17.1. The molecule has 0 saturated heterocycles. The van der Waals surface area contributed by atoms with Crippen molar-refractivity contribution < 1.29 is 23.1 Å². The molecule has 0 radical (unpaired) electrons. The second kappa shape index (κ2) is 10.1. The lowest BCUT2D eigenvalue weighted by Gasteiger charge is -2.19. The van der Waals surface area contributed by atoms with Crippen LogP contribution in [0.15, 0.2) is 87.0 Å². The van der Waals surface area contributed by atoms with Gasteiger partial charge in [0.1, 0.15) is 0 Å². The Morgan fingerprint density at radius 2 is 1.64 bits per heavy atom. The van der Waals surface area contributed by atoms with E-state index in [2.05, 4.69) is 15.9 Å². The third-order valence-corrected chi connectivity index (χ3v) is 7.51. The van der Waals surface area contributed by atoms with Gasteiger partial charge >= 0.3 is 6.09 Å². The van der Waals surface area contributed by atoms with E-state index >= 15 is 0 Å². The lowest BCUT2D eigenvalue weighted by atomic mass is 9.94. The first-order valence-corrected chi connectivity index (χ1v) is 13.2. The molecule has 0 atom stereocenters. The average molecular weight is 569 g/mol. The normalized spacial score (nSPS) is 11.4. The highest BCUT2D eigenvalue weighted by Crippen LogP contribution is 2.33. The van der Waals surface area contributed by atoms with Crippen LogP contribution in [0.5, 0.6) is 0 Å². The van der Waals surface area contributed by atoms with Crippen LogP contribution in [-0.4, -0.2) is 30.0 Å². The van der Waals surface area contributed by atoms with Crippen LogP contribution in [0.2, 0.25) is 0 Å². The molecule has 1 heterocycles. The summed E-state index contributed by atoms with van der Waals surface area (Å²) in [4.78, 5) is 37.5. The third-order valence-electron chi connectivity index (χ3n) is 5.68. The number of hydrogen-bond donors (Lipinski definition) is 2. The number of benzene rings is 3. The van der Waals surface area contributed by atoms with E-state index in [4.69, 9.17) is 5.11 Å². The Morgan fingerprint density at radius 3 is 2.25 bits per heavy atom. The fourth-order valence-electron chi connectivity index (χ4n) is 4.06. The summed E-state index contributed by atoms with van der Waals surface area (Å²) in [6, 6.07) is 20.1. The predicted molar refractivity (Wildman–Crippen MR) is 140 cm³/mol. The molecule has 1 aromatic heterocycles. The van der Waals surface area contributed by atoms with Gasteiger partial charge in [0.05, 0.1) is 17.1 Å². The Labute approximate surface area is 215 Å². The number of fused-ring (bicyclic) bond motifs is 1. The van der Waals surface area contributed by atoms with Crippen LogP contribution >= 0.6 is 15.9 Å². The van der Waals surface area contributed by atoms with Crippen molar-refractivity contribution in [1.29, 1.82) is 0 Å². The number of carbonyl (C=O) groups is 2. The summed E-state index contributed by atoms with van der Waals surface area (Å²) < 4.78 is 27.9. The molecule has 2 N–H and O–H groups in total. The molecule has 0 bridgehead atoms. The molecule has 0 aliphatic carbocycles. The fraction of sp³-hybridized carbons (Fsp3) is 0.115. The Morgan fingerprint density at radius 1 is 0.972 bits per heavy atom. The van der Waals surface area contributed by atoms with Gasteiger partial charge in [-0.25, -0.2) is 17.9 Å². The smallest absolute Gasteiger partial charge is 0.418 e. The van der Waals surface area contributed by atoms with Gasteiger partial charge in [-0.1, -0.05) is 65.3 Å². The van der Waals surface area contributed by atoms with Gasteiger partial charge in [0.25, 0.3) is 15.6 Å². The van der Waals surface area contributed by atoms with Crippen molar-refractivity contribution in [2.24, 2.45) is 0 Å². The summed E-state index contributed by atoms with van der Waals surface area (Å²) >= 11 is 3.47. The standard InChI is InChI=1S/C26H21BrN2O6S/c1-2-22(30)24-23(17-6-4-3-5-7-17)21-14-18(27)10-13-20(21)25(31)29(24)15-16-8-11-19(12-9-16)36(34,35)28-26(32)33/h3-14,28H,2,15H2,1H3,(H,32,33). The number of pyridine rings is 1. The highest BCUT2D eigenvalue weighted by atomic mass is 79.9. The molecule has 0 fully saturated rings. The minimum absolute atomic E-state index is 0.0123. The van der Waals surface area contributed by atoms with Crippen molar-refractivity contribution in [2.45, 2.75) is 24.8 Å². The van der Waals surface area contributed by atoms with Crippen molar-refractivity contribution in [3.05, 3.63) is 98.9 Å². The quantitative estimate of drug-likeness (QED) is 0.301. The molecular formula is C26H21BrN2O6S. The van der Waals surface area contributed by atoms with Crippen LogP contribution in [0.25, 0.3) is 21.9 Å². The number of aromatic nitrogens is 1. The SMILES string of the molecule is CCC(=O)c1c(-c2ccccc2)c2cc(Br)ccc2c(=O)n1Cc1ccc(S(=O)(=O)NC(=O)O)cc1. The fourth-order valence-corrected chi connectivity index (χ4v) is 5.26. The van der Waals surface area contributed by atoms with E-state index in [1.54, 1.807) is 19.1 Å². The van der Waals surface area contributed by atoms with Crippen molar-refractivity contribution in [1.82, 2.24) is 9.29 Å². The molecule has 1 amide bonds. The van der Waals surface area contributed by atoms with E-state index in [-0.39, 0.29) is 34.9 Å². The number of sulfonamides is 1. The molecule has 3 aromatic carbocycles. The molecule has 10 heteroatoms. The summed E-state index contributed by atoms with van der Waals surface area (Å²) in [5.41, 5.74) is 1.91. The molecule has 0 unspecified atom stereocenters. The van der Waals surface area contributed by atoms with Gasteiger partial charge in [-0.05, 0) is 46.8 Å². The molecular weight excluding hydrogens is 548 g/mol. The van der Waals surface area contributed by atoms with Crippen LogP contribution in [0.3, 0.4) is 0 Å². The molecule has 184 valence electrons. The maximum Gasteiger partial charge on any atom is 0.418 e. The number of halogens is 1. The van der Waals surface area contributed by atoms with Crippen molar-refractivity contribution in [2.75, 3.05) is 0 Å². The van der Waals surface area contributed by atoms with Gasteiger partial charge < -0.3 is 5.11 Å². The summed E-state index contributed by atoms with van der Waals surface area (Å²) in [6.45, 7) is 1.74. The minimum Gasteiger partial charge on any atom is -0.464 e. The molecule has 36 heavy (non-hydrogen) atoms. The second-order valence-electron chi connectivity index (χ2n) is 8.00. The zero-order chi connectivity index (χ0) is 26.0. The Hall–Kier alpha value is -3.76. The first-order valence-electron chi connectivity index (χ1n) is 10.9. The van der Waals surface area contributed by atoms with E-state index in [1.807, 2.05) is 36.4 Å². The zero-order valence-electron chi connectivity index (χ0n) is 19.1. The van der Waals surface area contributed by atoms with E-state index in [1.165, 1.54) is 33.6 Å². The third kappa shape index (κ3) is 4.95. The average Bonchev–Trinajstić information content (AvgIpc) is 2.85. The van der Waals surface area contributed by atoms with Crippen molar-refractivity contribution in [3.8, 4) is 11.1 Å². The van der Waals surface area contributed by atoms with Gasteiger partial charge in [0.2, 0.25) is 0 Å². The van der Waals surface area contributed by atoms with Gasteiger partial charge in [-0.2, -0.15) is 0 Å². The van der Waals surface area contributed by atoms with E-state index in [0.29, 0.717) is 21.9 Å². The first kappa shape index (κ1) is 25.3. The number of rotatable bonds is 7. The topological polar surface area (TPSA) is 123 Å². The lowest BCUT2D eigenvalue weighted by Crippen LogP contribution is -2.29. The van der Waals surface area contributed by atoms with Gasteiger partial charge in [-0.3, -0.25) is 14.2 Å².